The summed E-state index contributed by atoms with van der Waals surface area (Å²) in [6.45, 7) is 1.99. The highest BCUT2D eigenvalue weighted by atomic mass is 16.1. The molecule has 0 saturated carbocycles. The number of carbonyl (C=O) groups is 1. The third kappa shape index (κ3) is 4.98. The monoisotopic (exact) mass is 407 g/mol. The normalized spacial score (nSPS) is 12.4. The van der Waals surface area contributed by atoms with E-state index in [0.29, 0.717) is 6.42 Å². The Bertz CT molecular complexity index is 1130. The van der Waals surface area contributed by atoms with E-state index >= 15 is 0 Å². The summed E-state index contributed by atoms with van der Waals surface area (Å²) in [5, 5.41) is 3.03. The van der Waals surface area contributed by atoms with Crippen LogP contribution < -0.4 is 5.32 Å². The van der Waals surface area contributed by atoms with Gasteiger partial charge in [0.25, 0.3) is 5.91 Å². The minimum Gasteiger partial charge on any atom is -0.326 e. The van der Waals surface area contributed by atoms with Gasteiger partial charge in [-0.25, -0.2) is 4.98 Å². The van der Waals surface area contributed by atoms with Crippen molar-refractivity contribution in [1.82, 2.24) is 9.55 Å². The first-order valence-electron chi connectivity index (χ1n) is 10.4. The summed E-state index contributed by atoms with van der Waals surface area (Å²) in [5.41, 5.74) is 4.85. The lowest BCUT2D eigenvalue weighted by molar-refractivity contribution is -0.112. The van der Waals surface area contributed by atoms with Crippen molar-refractivity contribution >= 4 is 17.7 Å². The summed E-state index contributed by atoms with van der Waals surface area (Å²) in [5.74, 6) is -0.0756. The molecule has 0 spiro atoms. The molecule has 31 heavy (non-hydrogen) atoms. The van der Waals surface area contributed by atoms with Crippen LogP contribution >= 0.6 is 0 Å². The number of carbonyl (C=O) groups excluding carboxylic acids is 1. The Hall–Kier alpha value is -3.92. The molecule has 0 saturated heterocycles. The van der Waals surface area contributed by atoms with E-state index in [0.717, 1.165) is 22.4 Å². The number of hydrogen-bond donors (Lipinski definition) is 1. The van der Waals surface area contributed by atoms with Crippen molar-refractivity contribution in [2.24, 2.45) is 0 Å². The molecule has 154 valence electrons. The van der Waals surface area contributed by atoms with E-state index in [1.807, 2.05) is 86.2 Å². The maximum atomic E-state index is 12.8. The standard InChI is InChI=1S/C27H25N3O/c1-2-22(19-21-9-5-3-6-10-21)27(31)29-25-15-13-24(14-16-25)26(30-18-17-28-20-30)23-11-7-4-8-12-23/h3-20,26H,2H2,1H3,(H,29,31)/b22-19+. The second-order valence-corrected chi connectivity index (χ2v) is 7.33. The number of aromatic nitrogens is 2. The van der Waals surface area contributed by atoms with Crippen molar-refractivity contribution in [3.05, 3.63) is 126 Å². The number of rotatable bonds is 7. The second kappa shape index (κ2) is 9.72. The summed E-state index contributed by atoms with van der Waals surface area (Å²) >= 11 is 0. The number of nitrogens with zero attached hydrogens (tertiary/aromatic N) is 2. The van der Waals surface area contributed by atoms with E-state index in [1.54, 1.807) is 6.20 Å². The fraction of sp³-hybridized carbons (Fsp3) is 0.111. The summed E-state index contributed by atoms with van der Waals surface area (Å²) in [6, 6.07) is 28.3. The van der Waals surface area contributed by atoms with Gasteiger partial charge in [0, 0.05) is 23.7 Å². The van der Waals surface area contributed by atoms with Gasteiger partial charge in [-0.3, -0.25) is 4.79 Å². The third-order valence-corrected chi connectivity index (χ3v) is 5.24. The van der Waals surface area contributed by atoms with Gasteiger partial charge in [0.2, 0.25) is 0 Å². The van der Waals surface area contributed by atoms with E-state index in [-0.39, 0.29) is 11.9 Å². The average molecular weight is 408 g/mol. The van der Waals surface area contributed by atoms with Gasteiger partial charge in [0.15, 0.2) is 0 Å². The molecule has 1 unspecified atom stereocenters. The Morgan fingerprint density at radius 2 is 1.58 bits per heavy atom. The molecule has 3 aromatic carbocycles. The molecule has 0 aliphatic heterocycles. The second-order valence-electron chi connectivity index (χ2n) is 7.33. The lowest BCUT2D eigenvalue weighted by atomic mass is 9.98. The van der Waals surface area contributed by atoms with E-state index in [4.69, 9.17) is 0 Å². The zero-order chi connectivity index (χ0) is 21.5. The van der Waals surface area contributed by atoms with Crippen LogP contribution in [0.2, 0.25) is 0 Å². The zero-order valence-corrected chi connectivity index (χ0v) is 17.5. The van der Waals surface area contributed by atoms with E-state index in [1.165, 1.54) is 5.56 Å². The molecule has 4 rings (SSSR count). The van der Waals surface area contributed by atoms with Gasteiger partial charge in [-0.05, 0) is 41.3 Å². The molecule has 1 atom stereocenters. The van der Waals surface area contributed by atoms with Crippen molar-refractivity contribution in [1.29, 1.82) is 0 Å². The maximum Gasteiger partial charge on any atom is 0.251 e. The zero-order valence-electron chi connectivity index (χ0n) is 17.5. The third-order valence-electron chi connectivity index (χ3n) is 5.24. The molecule has 0 aliphatic carbocycles. The largest absolute Gasteiger partial charge is 0.326 e. The van der Waals surface area contributed by atoms with Crippen LogP contribution in [-0.2, 0) is 4.79 Å². The highest BCUT2D eigenvalue weighted by Crippen LogP contribution is 2.27. The van der Waals surface area contributed by atoms with Crippen LogP contribution in [0, 0.1) is 0 Å². The summed E-state index contributed by atoms with van der Waals surface area (Å²) in [4.78, 5) is 17.0. The van der Waals surface area contributed by atoms with Gasteiger partial charge in [-0.2, -0.15) is 0 Å². The lowest BCUT2D eigenvalue weighted by Crippen LogP contribution is -2.14. The summed E-state index contributed by atoms with van der Waals surface area (Å²) in [6.07, 6.45) is 8.18. The van der Waals surface area contributed by atoms with Crippen LogP contribution in [0.3, 0.4) is 0 Å². The van der Waals surface area contributed by atoms with Crippen LogP contribution in [0.1, 0.15) is 36.1 Å². The van der Waals surface area contributed by atoms with Crippen molar-refractivity contribution in [2.75, 3.05) is 5.32 Å². The smallest absolute Gasteiger partial charge is 0.251 e. The van der Waals surface area contributed by atoms with Crippen molar-refractivity contribution in [3.8, 4) is 0 Å². The first-order chi connectivity index (χ1) is 15.2. The van der Waals surface area contributed by atoms with Gasteiger partial charge >= 0.3 is 0 Å². The molecule has 4 aromatic rings. The lowest BCUT2D eigenvalue weighted by Gasteiger charge is -2.20. The van der Waals surface area contributed by atoms with Crippen LogP contribution in [0.25, 0.3) is 6.08 Å². The predicted octanol–water partition coefficient (Wildman–Crippen LogP) is 5.95. The molecule has 1 aromatic heterocycles. The molecule has 1 heterocycles. The van der Waals surface area contributed by atoms with Crippen LogP contribution in [0.5, 0.6) is 0 Å². The van der Waals surface area contributed by atoms with Gasteiger partial charge in [0.1, 0.15) is 0 Å². The SMILES string of the molecule is CC/C(=C\c1ccccc1)C(=O)Nc1ccc(C(c2ccccc2)n2ccnc2)cc1. The molecular weight excluding hydrogens is 382 g/mol. The predicted molar refractivity (Wildman–Crippen MR) is 126 cm³/mol. The average Bonchev–Trinajstić information content (AvgIpc) is 3.34. The summed E-state index contributed by atoms with van der Waals surface area (Å²) in [7, 11) is 0. The summed E-state index contributed by atoms with van der Waals surface area (Å²) < 4.78 is 2.08. The fourth-order valence-electron chi connectivity index (χ4n) is 3.63. The molecular formula is C27H25N3O. The minimum absolute atomic E-state index is 0.0256. The molecule has 0 bridgehead atoms. The van der Waals surface area contributed by atoms with Crippen molar-refractivity contribution < 1.29 is 4.79 Å². The van der Waals surface area contributed by atoms with Crippen molar-refractivity contribution in [3.63, 3.8) is 0 Å². The number of amides is 1. The Morgan fingerprint density at radius 3 is 2.19 bits per heavy atom. The highest BCUT2D eigenvalue weighted by molar-refractivity contribution is 6.06. The van der Waals surface area contributed by atoms with Crippen LogP contribution in [-0.4, -0.2) is 15.5 Å². The van der Waals surface area contributed by atoms with Gasteiger partial charge < -0.3 is 9.88 Å². The van der Waals surface area contributed by atoms with Gasteiger partial charge in [-0.1, -0.05) is 79.7 Å². The van der Waals surface area contributed by atoms with E-state index < -0.39 is 0 Å². The first-order valence-corrected chi connectivity index (χ1v) is 10.4. The Balaban J connectivity index is 1.54. The van der Waals surface area contributed by atoms with Crippen molar-refractivity contribution in [2.45, 2.75) is 19.4 Å². The Labute approximate surface area is 182 Å². The van der Waals surface area contributed by atoms with Crippen LogP contribution in [0.15, 0.2) is 109 Å². The Kier molecular flexibility index (Phi) is 6.38. The Morgan fingerprint density at radius 1 is 0.935 bits per heavy atom. The van der Waals surface area contributed by atoms with Gasteiger partial charge in [0.05, 0.1) is 12.4 Å². The molecule has 0 aliphatic rings. The molecule has 0 fully saturated rings. The number of anilines is 1. The quantitative estimate of drug-likeness (QED) is 0.385. The molecule has 4 heteroatoms. The molecule has 0 radical (unpaired) electrons. The van der Waals surface area contributed by atoms with E-state index in [2.05, 4.69) is 39.1 Å². The number of nitrogens with one attached hydrogen (secondary N) is 1. The minimum atomic E-state index is -0.0756. The fourth-order valence-corrected chi connectivity index (χ4v) is 3.63. The number of imidazole rings is 1. The van der Waals surface area contributed by atoms with Gasteiger partial charge in [-0.15, -0.1) is 0 Å². The molecule has 1 amide bonds. The van der Waals surface area contributed by atoms with Crippen LogP contribution in [0.4, 0.5) is 5.69 Å². The number of hydrogen-bond acceptors (Lipinski definition) is 2. The topological polar surface area (TPSA) is 46.9 Å². The highest BCUT2D eigenvalue weighted by Gasteiger charge is 2.16. The maximum absolute atomic E-state index is 12.8. The first kappa shape index (κ1) is 20.4. The van der Waals surface area contributed by atoms with E-state index in [9.17, 15) is 4.79 Å². The number of benzene rings is 3. The molecule has 4 nitrogen and oxygen atoms in total. The molecule has 1 N–H and O–H groups in total.